The third kappa shape index (κ3) is 5.58. The molecule has 0 saturated heterocycles. The fourth-order valence-corrected chi connectivity index (χ4v) is 2.99. The van der Waals surface area contributed by atoms with Gasteiger partial charge in [0.15, 0.2) is 0 Å². The molecule has 0 heterocycles. The van der Waals surface area contributed by atoms with Gasteiger partial charge in [-0.15, -0.1) is 0 Å². The van der Waals surface area contributed by atoms with Crippen molar-refractivity contribution in [3.63, 3.8) is 0 Å². The first-order chi connectivity index (χ1) is 7.36. The number of hydrogen-bond acceptors (Lipinski definition) is 0. The molecule has 0 aromatic heterocycles. The third-order valence-electron chi connectivity index (χ3n) is 4.25. The second-order valence-corrected chi connectivity index (χ2v) is 5.50. The molecule has 0 bridgehead atoms. The van der Waals surface area contributed by atoms with Gasteiger partial charge in [0.25, 0.3) is 0 Å². The van der Waals surface area contributed by atoms with E-state index in [-0.39, 0.29) is 0 Å². The van der Waals surface area contributed by atoms with Crippen LogP contribution in [0.4, 0.5) is 0 Å². The highest BCUT2D eigenvalue weighted by Crippen LogP contribution is 2.30. The van der Waals surface area contributed by atoms with E-state index < -0.39 is 0 Å². The Hall–Kier alpha value is 0. The number of rotatable bonds is 7. The molecule has 1 unspecified atom stereocenters. The molecule has 90 valence electrons. The van der Waals surface area contributed by atoms with Crippen LogP contribution in [0.2, 0.25) is 0 Å². The van der Waals surface area contributed by atoms with Gasteiger partial charge in [-0.2, -0.15) is 0 Å². The van der Waals surface area contributed by atoms with Crippen LogP contribution in [-0.2, 0) is 0 Å². The average Bonchev–Trinajstić information content (AvgIpc) is 2.31. The topological polar surface area (TPSA) is 0 Å². The number of hydrogen-bond donors (Lipinski definition) is 0. The first-order valence-electron chi connectivity index (χ1n) is 7.36. The summed E-state index contributed by atoms with van der Waals surface area (Å²) in [7, 11) is 0. The summed E-state index contributed by atoms with van der Waals surface area (Å²) in [6.45, 7) is 4.69. The lowest BCUT2D eigenvalue weighted by Crippen LogP contribution is -2.09. The largest absolute Gasteiger partial charge is 0.0654 e. The van der Waals surface area contributed by atoms with E-state index in [0.717, 1.165) is 11.8 Å². The summed E-state index contributed by atoms with van der Waals surface area (Å²) in [5.41, 5.74) is 0. The maximum absolute atomic E-state index is 2.38. The third-order valence-corrected chi connectivity index (χ3v) is 4.25. The van der Waals surface area contributed by atoms with Crippen LogP contribution in [0.15, 0.2) is 0 Å². The molecule has 0 radical (unpaired) electrons. The monoisotopic (exact) mass is 210 g/mol. The van der Waals surface area contributed by atoms with Crippen molar-refractivity contribution >= 4 is 0 Å². The summed E-state index contributed by atoms with van der Waals surface area (Å²) in [4.78, 5) is 0. The molecule has 1 rings (SSSR count). The molecule has 0 spiro atoms. The Kier molecular flexibility index (Phi) is 7.13. The maximum Gasteiger partial charge on any atom is -0.0414 e. The Bertz CT molecular complexity index is 133. The van der Waals surface area contributed by atoms with Gasteiger partial charge in [-0.05, 0) is 11.8 Å². The van der Waals surface area contributed by atoms with Crippen LogP contribution in [-0.4, -0.2) is 0 Å². The van der Waals surface area contributed by atoms with Gasteiger partial charge in [-0.1, -0.05) is 84.5 Å². The molecule has 1 fully saturated rings. The quantitative estimate of drug-likeness (QED) is 0.516. The molecule has 0 amide bonds. The van der Waals surface area contributed by atoms with Gasteiger partial charge in [-0.3, -0.25) is 0 Å². The van der Waals surface area contributed by atoms with E-state index in [9.17, 15) is 0 Å². The SMILES string of the molecule is CCCCC(CC)CCC1CCCCC1. The Balaban J connectivity index is 2.09. The summed E-state index contributed by atoms with van der Waals surface area (Å²) >= 11 is 0. The minimum absolute atomic E-state index is 1.03. The standard InChI is InChI=1S/C15H30/c1-3-5-9-14(4-2)12-13-15-10-7-6-8-11-15/h14-15H,3-13H2,1-2H3. The molecule has 0 heteroatoms. The first kappa shape index (κ1) is 13.1. The highest BCUT2D eigenvalue weighted by Gasteiger charge is 2.15. The van der Waals surface area contributed by atoms with Crippen molar-refractivity contribution in [1.29, 1.82) is 0 Å². The average molecular weight is 210 g/mol. The van der Waals surface area contributed by atoms with Crippen LogP contribution in [0, 0.1) is 11.8 Å². The molecule has 15 heavy (non-hydrogen) atoms. The summed E-state index contributed by atoms with van der Waals surface area (Å²) in [6.07, 6.45) is 16.4. The lowest BCUT2D eigenvalue weighted by atomic mass is 9.83. The summed E-state index contributed by atoms with van der Waals surface area (Å²) in [5, 5.41) is 0. The van der Waals surface area contributed by atoms with Gasteiger partial charge in [0.1, 0.15) is 0 Å². The van der Waals surface area contributed by atoms with Crippen LogP contribution in [0.5, 0.6) is 0 Å². The van der Waals surface area contributed by atoms with Crippen LogP contribution in [0.3, 0.4) is 0 Å². The Morgan fingerprint density at radius 2 is 1.73 bits per heavy atom. The zero-order valence-corrected chi connectivity index (χ0v) is 10.9. The molecule has 0 aliphatic heterocycles. The van der Waals surface area contributed by atoms with Crippen molar-refractivity contribution in [2.75, 3.05) is 0 Å². The lowest BCUT2D eigenvalue weighted by Gasteiger charge is -2.23. The van der Waals surface area contributed by atoms with E-state index in [1.54, 1.807) is 0 Å². The minimum atomic E-state index is 1.03. The molecule has 1 saturated carbocycles. The van der Waals surface area contributed by atoms with Crippen molar-refractivity contribution in [3.05, 3.63) is 0 Å². The molecule has 0 aromatic rings. The second-order valence-electron chi connectivity index (χ2n) is 5.50. The molecule has 1 aliphatic rings. The highest BCUT2D eigenvalue weighted by atomic mass is 14.2. The molecule has 1 atom stereocenters. The van der Waals surface area contributed by atoms with Crippen LogP contribution >= 0.6 is 0 Å². The van der Waals surface area contributed by atoms with E-state index in [1.807, 2.05) is 0 Å². The van der Waals surface area contributed by atoms with E-state index in [4.69, 9.17) is 0 Å². The van der Waals surface area contributed by atoms with Gasteiger partial charge in [0, 0.05) is 0 Å². The van der Waals surface area contributed by atoms with Gasteiger partial charge in [-0.25, -0.2) is 0 Å². The van der Waals surface area contributed by atoms with E-state index >= 15 is 0 Å². The zero-order valence-electron chi connectivity index (χ0n) is 10.9. The van der Waals surface area contributed by atoms with Gasteiger partial charge >= 0.3 is 0 Å². The first-order valence-corrected chi connectivity index (χ1v) is 7.36. The van der Waals surface area contributed by atoms with E-state index in [2.05, 4.69) is 13.8 Å². The fourth-order valence-electron chi connectivity index (χ4n) is 2.99. The van der Waals surface area contributed by atoms with Gasteiger partial charge in [0.2, 0.25) is 0 Å². The van der Waals surface area contributed by atoms with Crippen LogP contribution in [0.25, 0.3) is 0 Å². The molecular weight excluding hydrogens is 180 g/mol. The minimum Gasteiger partial charge on any atom is -0.0654 e. The second kappa shape index (κ2) is 8.19. The molecule has 0 N–H and O–H groups in total. The van der Waals surface area contributed by atoms with Crippen molar-refractivity contribution in [1.82, 2.24) is 0 Å². The summed E-state index contributed by atoms with van der Waals surface area (Å²) in [6, 6.07) is 0. The smallest absolute Gasteiger partial charge is 0.0414 e. The van der Waals surface area contributed by atoms with Crippen molar-refractivity contribution in [3.8, 4) is 0 Å². The van der Waals surface area contributed by atoms with E-state index in [1.165, 1.54) is 70.6 Å². The van der Waals surface area contributed by atoms with Crippen molar-refractivity contribution < 1.29 is 0 Å². The highest BCUT2D eigenvalue weighted by molar-refractivity contribution is 4.68. The van der Waals surface area contributed by atoms with Crippen molar-refractivity contribution in [2.24, 2.45) is 11.8 Å². The van der Waals surface area contributed by atoms with Crippen molar-refractivity contribution in [2.45, 2.75) is 84.5 Å². The predicted molar refractivity (Wildman–Crippen MR) is 69.1 cm³/mol. The molecule has 0 nitrogen and oxygen atoms in total. The predicted octanol–water partition coefficient (Wildman–Crippen LogP) is 5.56. The normalized spacial score (nSPS) is 20.4. The van der Waals surface area contributed by atoms with Crippen LogP contribution < -0.4 is 0 Å². The van der Waals surface area contributed by atoms with E-state index in [0.29, 0.717) is 0 Å². The Morgan fingerprint density at radius 3 is 2.33 bits per heavy atom. The zero-order chi connectivity index (χ0) is 10.9. The van der Waals surface area contributed by atoms with Gasteiger partial charge in [0.05, 0.1) is 0 Å². The number of unbranched alkanes of at least 4 members (excludes halogenated alkanes) is 1. The molecule has 0 aromatic carbocycles. The molecule has 1 aliphatic carbocycles. The summed E-state index contributed by atoms with van der Waals surface area (Å²) < 4.78 is 0. The van der Waals surface area contributed by atoms with Gasteiger partial charge < -0.3 is 0 Å². The van der Waals surface area contributed by atoms with Crippen LogP contribution in [0.1, 0.15) is 84.5 Å². The fraction of sp³-hybridized carbons (Fsp3) is 1.00. The Morgan fingerprint density at radius 1 is 1.00 bits per heavy atom. The Labute approximate surface area is 96.8 Å². The molecular formula is C15H30. The lowest BCUT2D eigenvalue weighted by molar-refractivity contribution is 0.296. The maximum atomic E-state index is 2.38. The summed E-state index contributed by atoms with van der Waals surface area (Å²) in [5.74, 6) is 2.13.